The molecule has 0 unspecified atom stereocenters. The van der Waals surface area contributed by atoms with E-state index in [0.717, 1.165) is 30.8 Å². The Morgan fingerprint density at radius 1 is 0.939 bits per heavy atom. The summed E-state index contributed by atoms with van der Waals surface area (Å²) in [6, 6.07) is 22.0. The van der Waals surface area contributed by atoms with Crippen LogP contribution in [0.5, 0.6) is 0 Å². The number of nitrogens with one attached hydrogen (secondary N) is 1. The molecule has 2 amide bonds. The minimum atomic E-state index is -0.671. The molecule has 3 aromatic rings. The zero-order chi connectivity index (χ0) is 23.0. The molecule has 1 N–H and O–H groups in total. The molecule has 0 aliphatic carbocycles. The van der Waals surface area contributed by atoms with E-state index in [1.807, 2.05) is 59.5 Å². The van der Waals surface area contributed by atoms with Crippen molar-refractivity contribution in [1.82, 2.24) is 15.1 Å². The van der Waals surface area contributed by atoms with Crippen LogP contribution in [0.3, 0.4) is 0 Å². The number of benzene rings is 2. The van der Waals surface area contributed by atoms with Gasteiger partial charge in [-0.25, -0.2) is 0 Å². The van der Waals surface area contributed by atoms with Gasteiger partial charge in [-0.3, -0.25) is 14.5 Å². The molecule has 7 nitrogen and oxygen atoms in total. The van der Waals surface area contributed by atoms with E-state index < -0.39 is 11.9 Å². The van der Waals surface area contributed by atoms with Gasteiger partial charge in [0.15, 0.2) is 5.76 Å². The number of nitrogens with zero attached hydrogens (tertiary/aromatic N) is 3. The van der Waals surface area contributed by atoms with E-state index in [1.165, 1.54) is 6.26 Å². The highest BCUT2D eigenvalue weighted by atomic mass is 16.3. The van der Waals surface area contributed by atoms with Gasteiger partial charge in [-0.15, -0.1) is 0 Å². The lowest BCUT2D eigenvalue weighted by atomic mass is 10.0. The Labute approximate surface area is 193 Å². The number of furan rings is 1. The number of nitriles is 1. The predicted molar refractivity (Wildman–Crippen MR) is 123 cm³/mol. The van der Waals surface area contributed by atoms with Crippen LogP contribution in [0.2, 0.25) is 0 Å². The number of piperazine rings is 1. The van der Waals surface area contributed by atoms with Gasteiger partial charge in [0, 0.05) is 39.1 Å². The van der Waals surface area contributed by atoms with Crippen LogP contribution in [-0.4, -0.2) is 53.8 Å². The molecule has 33 heavy (non-hydrogen) atoms. The molecule has 1 aliphatic rings. The van der Waals surface area contributed by atoms with Crippen LogP contribution >= 0.6 is 0 Å². The second-order valence-corrected chi connectivity index (χ2v) is 8.10. The lowest BCUT2D eigenvalue weighted by molar-refractivity contribution is -0.135. The van der Waals surface area contributed by atoms with Gasteiger partial charge < -0.3 is 14.6 Å². The Morgan fingerprint density at radius 3 is 2.30 bits per heavy atom. The van der Waals surface area contributed by atoms with Crippen LogP contribution in [0.1, 0.15) is 27.2 Å². The molecule has 0 spiro atoms. The highest BCUT2D eigenvalue weighted by Gasteiger charge is 2.29. The number of carbonyl (C=O) groups is 2. The Morgan fingerprint density at radius 2 is 1.67 bits per heavy atom. The predicted octanol–water partition coefficient (Wildman–Crippen LogP) is 2.84. The van der Waals surface area contributed by atoms with E-state index in [2.05, 4.69) is 16.3 Å². The zero-order valence-electron chi connectivity index (χ0n) is 18.3. The highest BCUT2D eigenvalue weighted by molar-refractivity contribution is 5.95. The molecular formula is C26H26N4O3. The van der Waals surface area contributed by atoms with Crippen molar-refractivity contribution in [3.63, 3.8) is 0 Å². The van der Waals surface area contributed by atoms with E-state index in [1.54, 1.807) is 12.1 Å². The molecule has 1 aliphatic heterocycles. The fourth-order valence-corrected chi connectivity index (χ4v) is 3.98. The maximum Gasteiger partial charge on any atom is 0.287 e. The Balaban J connectivity index is 1.38. The normalized spacial score (nSPS) is 14.9. The standard InChI is InChI=1S/C26H26N4O3/c27-18-21-8-10-22(11-9-21)19-29-12-14-30(15-13-29)26(32)23(17-20-5-2-1-3-6-20)28-25(31)24-7-4-16-33-24/h1-11,16,23H,12-15,17,19H2,(H,28,31)/t23-/m0/s1. The third-order valence-corrected chi connectivity index (χ3v) is 5.80. The summed E-state index contributed by atoms with van der Waals surface area (Å²) >= 11 is 0. The van der Waals surface area contributed by atoms with Crippen LogP contribution in [-0.2, 0) is 17.8 Å². The average Bonchev–Trinajstić information content (AvgIpc) is 3.40. The molecule has 2 aromatic carbocycles. The number of amides is 2. The van der Waals surface area contributed by atoms with Crippen molar-refractivity contribution < 1.29 is 14.0 Å². The van der Waals surface area contributed by atoms with E-state index in [0.29, 0.717) is 25.1 Å². The first-order valence-electron chi connectivity index (χ1n) is 11.0. The fourth-order valence-electron chi connectivity index (χ4n) is 3.98. The van der Waals surface area contributed by atoms with Crippen molar-refractivity contribution in [3.8, 4) is 6.07 Å². The second-order valence-electron chi connectivity index (χ2n) is 8.10. The quantitative estimate of drug-likeness (QED) is 0.608. The van der Waals surface area contributed by atoms with Crippen molar-refractivity contribution in [3.05, 3.63) is 95.4 Å². The van der Waals surface area contributed by atoms with Gasteiger partial charge in [0.25, 0.3) is 5.91 Å². The third-order valence-electron chi connectivity index (χ3n) is 5.80. The summed E-state index contributed by atoms with van der Waals surface area (Å²) in [5.74, 6) is -0.293. The van der Waals surface area contributed by atoms with Gasteiger partial charge in [-0.2, -0.15) is 5.26 Å². The first kappa shape index (κ1) is 22.3. The van der Waals surface area contributed by atoms with Crippen molar-refractivity contribution in [2.75, 3.05) is 26.2 Å². The first-order valence-corrected chi connectivity index (χ1v) is 11.0. The molecular weight excluding hydrogens is 416 g/mol. The molecule has 0 radical (unpaired) electrons. The molecule has 1 atom stereocenters. The molecule has 0 bridgehead atoms. The van der Waals surface area contributed by atoms with Gasteiger partial charge in [0.2, 0.25) is 5.91 Å². The van der Waals surface area contributed by atoms with Crippen molar-refractivity contribution >= 4 is 11.8 Å². The molecule has 1 fully saturated rings. The van der Waals surface area contributed by atoms with E-state index in [-0.39, 0.29) is 11.7 Å². The monoisotopic (exact) mass is 442 g/mol. The lowest BCUT2D eigenvalue weighted by Gasteiger charge is -2.36. The average molecular weight is 443 g/mol. The van der Waals surface area contributed by atoms with Crippen LogP contribution < -0.4 is 5.32 Å². The van der Waals surface area contributed by atoms with Crippen LogP contribution in [0.15, 0.2) is 77.4 Å². The Kier molecular flexibility index (Phi) is 7.18. The van der Waals surface area contributed by atoms with E-state index in [9.17, 15) is 9.59 Å². The smallest absolute Gasteiger partial charge is 0.287 e. The van der Waals surface area contributed by atoms with Gasteiger partial charge >= 0.3 is 0 Å². The zero-order valence-corrected chi connectivity index (χ0v) is 18.3. The summed E-state index contributed by atoms with van der Waals surface area (Å²) in [7, 11) is 0. The van der Waals surface area contributed by atoms with Crippen LogP contribution in [0, 0.1) is 11.3 Å². The van der Waals surface area contributed by atoms with Gasteiger partial charge in [0.1, 0.15) is 6.04 Å². The Hall–Kier alpha value is -3.89. The maximum absolute atomic E-state index is 13.4. The molecule has 168 valence electrons. The molecule has 1 saturated heterocycles. The minimum absolute atomic E-state index is 0.0863. The fraction of sp³-hybridized carbons (Fsp3) is 0.269. The largest absolute Gasteiger partial charge is 0.459 e. The van der Waals surface area contributed by atoms with Gasteiger partial charge in [-0.05, 0) is 35.4 Å². The van der Waals surface area contributed by atoms with Crippen molar-refractivity contribution in [1.29, 1.82) is 5.26 Å². The number of hydrogen-bond donors (Lipinski definition) is 1. The molecule has 2 heterocycles. The van der Waals surface area contributed by atoms with Crippen molar-refractivity contribution in [2.24, 2.45) is 0 Å². The van der Waals surface area contributed by atoms with Crippen molar-refractivity contribution in [2.45, 2.75) is 19.0 Å². The number of carbonyl (C=O) groups excluding carboxylic acids is 2. The van der Waals surface area contributed by atoms with Crippen LogP contribution in [0.25, 0.3) is 0 Å². The molecule has 7 heteroatoms. The SMILES string of the molecule is N#Cc1ccc(CN2CCN(C(=O)[C@H](Cc3ccccc3)NC(=O)c3ccco3)CC2)cc1. The molecule has 4 rings (SSSR count). The maximum atomic E-state index is 13.4. The summed E-state index contributed by atoms with van der Waals surface area (Å²) in [5, 5.41) is 11.8. The Bertz CT molecular complexity index is 1100. The summed E-state index contributed by atoms with van der Waals surface area (Å²) < 4.78 is 5.20. The molecule has 1 aromatic heterocycles. The number of hydrogen-bond acceptors (Lipinski definition) is 5. The van der Waals surface area contributed by atoms with Gasteiger partial charge in [0.05, 0.1) is 17.9 Å². The first-order chi connectivity index (χ1) is 16.1. The molecule has 0 saturated carbocycles. The summed E-state index contributed by atoms with van der Waals surface area (Å²) in [6.45, 7) is 3.45. The second kappa shape index (κ2) is 10.6. The minimum Gasteiger partial charge on any atom is -0.459 e. The topological polar surface area (TPSA) is 89.6 Å². The summed E-state index contributed by atoms with van der Waals surface area (Å²) in [5.41, 5.74) is 2.77. The summed E-state index contributed by atoms with van der Waals surface area (Å²) in [4.78, 5) is 30.1. The van der Waals surface area contributed by atoms with Gasteiger partial charge in [-0.1, -0.05) is 42.5 Å². The third kappa shape index (κ3) is 5.88. The summed E-state index contributed by atoms with van der Waals surface area (Å²) in [6.07, 6.45) is 1.85. The number of rotatable bonds is 7. The van der Waals surface area contributed by atoms with E-state index >= 15 is 0 Å². The van der Waals surface area contributed by atoms with Crippen LogP contribution in [0.4, 0.5) is 0 Å². The van der Waals surface area contributed by atoms with E-state index in [4.69, 9.17) is 9.68 Å². The highest BCUT2D eigenvalue weighted by Crippen LogP contribution is 2.13. The lowest BCUT2D eigenvalue weighted by Crippen LogP contribution is -2.55.